The van der Waals surface area contributed by atoms with Crippen LogP contribution in [0.25, 0.3) is 0 Å². The summed E-state index contributed by atoms with van der Waals surface area (Å²) in [6.07, 6.45) is 1.01. The van der Waals surface area contributed by atoms with E-state index in [4.69, 9.17) is 4.74 Å². The van der Waals surface area contributed by atoms with Crippen molar-refractivity contribution >= 4 is 5.69 Å². The molecule has 0 radical (unpaired) electrons. The first-order valence-electron chi connectivity index (χ1n) is 6.38. The van der Waals surface area contributed by atoms with E-state index in [1.54, 1.807) is 0 Å². The topological polar surface area (TPSA) is 21.3 Å². The second-order valence-electron chi connectivity index (χ2n) is 4.69. The Kier molecular flexibility index (Phi) is 2.93. The van der Waals surface area contributed by atoms with Crippen LogP contribution in [0, 0.1) is 6.92 Å². The van der Waals surface area contributed by atoms with Gasteiger partial charge in [0.15, 0.2) is 0 Å². The van der Waals surface area contributed by atoms with Gasteiger partial charge in [-0.05, 0) is 24.6 Å². The summed E-state index contributed by atoms with van der Waals surface area (Å²) in [6, 6.07) is 17.0. The molecule has 1 N–H and O–H groups in total. The van der Waals surface area contributed by atoms with Crippen molar-refractivity contribution in [3.63, 3.8) is 0 Å². The number of hydrogen-bond acceptors (Lipinski definition) is 2. The van der Waals surface area contributed by atoms with Crippen molar-refractivity contribution in [2.24, 2.45) is 0 Å². The number of nitrogens with one attached hydrogen (secondary N) is 1. The lowest BCUT2D eigenvalue weighted by Crippen LogP contribution is -2.20. The molecule has 0 amide bonds. The van der Waals surface area contributed by atoms with E-state index in [1.165, 1.54) is 16.8 Å². The Hall–Kier alpha value is -1.96. The third-order valence-electron chi connectivity index (χ3n) is 3.43. The van der Waals surface area contributed by atoms with Crippen LogP contribution < -0.4 is 10.1 Å². The van der Waals surface area contributed by atoms with Crippen LogP contribution in [0.15, 0.2) is 48.5 Å². The van der Waals surface area contributed by atoms with E-state index in [-0.39, 0.29) is 0 Å². The number of aryl methyl sites for hydroxylation is 1. The van der Waals surface area contributed by atoms with Crippen LogP contribution in [-0.2, 0) is 0 Å². The van der Waals surface area contributed by atoms with Gasteiger partial charge in [-0.25, -0.2) is 0 Å². The van der Waals surface area contributed by atoms with Gasteiger partial charge in [0.1, 0.15) is 5.75 Å². The molecule has 1 heterocycles. The molecule has 92 valence electrons. The highest BCUT2D eigenvalue weighted by atomic mass is 16.5. The summed E-state index contributed by atoms with van der Waals surface area (Å²) in [5, 5.41) is 3.63. The Morgan fingerprint density at radius 3 is 2.72 bits per heavy atom. The molecule has 3 rings (SSSR count). The minimum absolute atomic E-state index is 0.344. The van der Waals surface area contributed by atoms with E-state index in [1.807, 2.05) is 12.1 Å². The first-order chi connectivity index (χ1) is 8.84. The number of benzene rings is 2. The van der Waals surface area contributed by atoms with Crippen molar-refractivity contribution < 1.29 is 4.74 Å². The number of rotatable bonds is 2. The average Bonchev–Trinajstić information content (AvgIpc) is 2.42. The third-order valence-corrected chi connectivity index (χ3v) is 3.43. The van der Waals surface area contributed by atoms with Crippen LogP contribution in [0.2, 0.25) is 0 Å². The van der Waals surface area contributed by atoms with Crippen molar-refractivity contribution in [3.05, 3.63) is 59.7 Å². The van der Waals surface area contributed by atoms with Crippen LogP contribution in [0.5, 0.6) is 5.75 Å². The maximum atomic E-state index is 5.68. The number of para-hydroxylation sites is 2. The second-order valence-corrected chi connectivity index (χ2v) is 4.69. The first-order valence-corrected chi connectivity index (χ1v) is 6.38. The van der Waals surface area contributed by atoms with Crippen molar-refractivity contribution in [2.75, 3.05) is 11.9 Å². The minimum Gasteiger partial charge on any atom is -0.493 e. The highest BCUT2D eigenvalue weighted by molar-refractivity contribution is 5.53. The fraction of sp³-hybridized carbons (Fsp3) is 0.250. The van der Waals surface area contributed by atoms with Gasteiger partial charge in [0.2, 0.25) is 0 Å². The molecule has 0 saturated carbocycles. The van der Waals surface area contributed by atoms with Crippen LogP contribution in [0.1, 0.15) is 23.6 Å². The first kappa shape index (κ1) is 11.1. The molecule has 0 spiro atoms. The quantitative estimate of drug-likeness (QED) is 0.857. The Bertz CT molecular complexity index is 550. The maximum Gasteiger partial charge on any atom is 0.124 e. The summed E-state index contributed by atoms with van der Waals surface area (Å²) in [7, 11) is 0. The van der Waals surface area contributed by atoms with Gasteiger partial charge >= 0.3 is 0 Å². The predicted octanol–water partition coefficient (Wildman–Crippen LogP) is 3.93. The van der Waals surface area contributed by atoms with E-state index in [2.05, 4.69) is 48.6 Å². The highest BCUT2D eigenvalue weighted by Crippen LogP contribution is 2.34. The molecule has 1 aliphatic heterocycles. The molecule has 0 fully saturated rings. The van der Waals surface area contributed by atoms with Crippen molar-refractivity contribution in [1.82, 2.24) is 0 Å². The van der Waals surface area contributed by atoms with Crippen LogP contribution in [0.3, 0.4) is 0 Å². The molecule has 1 atom stereocenters. The van der Waals surface area contributed by atoms with Crippen molar-refractivity contribution in [2.45, 2.75) is 19.4 Å². The number of fused-ring (bicyclic) bond motifs is 1. The summed E-state index contributed by atoms with van der Waals surface area (Å²) < 4.78 is 5.68. The Labute approximate surface area is 108 Å². The summed E-state index contributed by atoms with van der Waals surface area (Å²) in [6.45, 7) is 2.91. The number of anilines is 1. The molecule has 1 unspecified atom stereocenters. The van der Waals surface area contributed by atoms with Crippen molar-refractivity contribution in [1.29, 1.82) is 0 Å². The van der Waals surface area contributed by atoms with Crippen LogP contribution in [0.4, 0.5) is 5.69 Å². The smallest absolute Gasteiger partial charge is 0.124 e. The molecule has 18 heavy (non-hydrogen) atoms. The molecule has 2 heteroatoms. The van der Waals surface area contributed by atoms with Gasteiger partial charge in [0, 0.05) is 17.7 Å². The molecule has 0 aliphatic carbocycles. The highest BCUT2D eigenvalue weighted by Gasteiger charge is 2.20. The molecule has 2 nitrogen and oxygen atoms in total. The molecule has 0 aromatic heterocycles. The van der Waals surface area contributed by atoms with Crippen molar-refractivity contribution in [3.8, 4) is 5.75 Å². The molecular formula is C16H17NO. The summed E-state index contributed by atoms with van der Waals surface area (Å²) >= 11 is 0. The fourth-order valence-corrected chi connectivity index (χ4v) is 2.41. The molecular weight excluding hydrogens is 222 g/mol. The zero-order valence-corrected chi connectivity index (χ0v) is 10.5. The van der Waals surface area contributed by atoms with E-state index < -0.39 is 0 Å². The largest absolute Gasteiger partial charge is 0.493 e. The van der Waals surface area contributed by atoms with E-state index in [0.717, 1.165) is 18.8 Å². The molecule has 2 aromatic rings. The fourth-order valence-electron chi connectivity index (χ4n) is 2.41. The SMILES string of the molecule is Cc1ccccc1NC1CCOc2ccccc21. The maximum absolute atomic E-state index is 5.68. The van der Waals surface area contributed by atoms with Crippen LogP contribution >= 0.6 is 0 Å². The number of ether oxygens (including phenoxy) is 1. The third kappa shape index (κ3) is 2.06. The molecule has 1 aliphatic rings. The monoisotopic (exact) mass is 239 g/mol. The standard InChI is InChI=1S/C16H17NO/c1-12-6-2-4-8-14(12)17-15-10-11-18-16-9-5-3-7-13(15)16/h2-9,15,17H,10-11H2,1H3. The Morgan fingerprint density at radius 1 is 1.06 bits per heavy atom. The lowest BCUT2D eigenvalue weighted by atomic mass is 10.00. The lowest BCUT2D eigenvalue weighted by Gasteiger charge is -2.28. The minimum atomic E-state index is 0.344. The van der Waals surface area contributed by atoms with Gasteiger partial charge in [-0.1, -0.05) is 36.4 Å². The summed E-state index contributed by atoms with van der Waals surface area (Å²) in [5.41, 5.74) is 3.74. The summed E-state index contributed by atoms with van der Waals surface area (Å²) in [4.78, 5) is 0. The van der Waals surface area contributed by atoms with Gasteiger partial charge in [-0.15, -0.1) is 0 Å². The van der Waals surface area contributed by atoms with Gasteiger partial charge in [-0.2, -0.15) is 0 Å². The van der Waals surface area contributed by atoms with E-state index in [0.29, 0.717) is 6.04 Å². The average molecular weight is 239 g/mol. The zero-order valence-electron chi connectivity index (χ0n) is 10.5. The lowest BCUT2D eigenvalue weighted by molar-refractivity contribution is 0.274. The molecule has 2 aromatic carbocycles. The zero-order chi connectivity index (χ0) is 12.4. The summed E-state index contributed by atoms with van der Waals surface area (Å²) in [5.74, 6) is 1.01. The van der Waals surface area contributed by atoms with Gasteiger partial charge in [0.25, 0.3) is 0 Å². The second kappa shape index (κ2) is 4.73. The van der Waals surface area contributed by atoms with E-state index in [9.17, 15) is 0 Å². The van der Waals surface area contributed by atoms with Gasteiger partial charge in [0.05, 0.1) is 12.6 Å². The van der Waals surface area contributed by atoms with Gasteiger partial charge in [-0.3, -0.25) is 0 Å². The Morgan fingerprint density at radius 2 is 1.83 bits per heavy atom. The predicted molar refractivity (Wildman–Crippen MR) is 74.1 cm³/mol. The molecule has 0 bridgehead atoms. The Balaban J connectivity index is 1.89. The van der Waals surface area contributed by atoms with Gasteiger partial charge < -0.3 is 10.1 Å². The van der Waals surface area contributed by atoms with E-state index >= 15 is 0 Å². The van der Waals surface area contributed by atoms with Crippen LogP contribution in [-0.4, -0.2) is 6.61 Å². The normalized spacial score (nSPS) is 17.7. The molecule has 0 saturated heterocycles. The number of hydrogen-bond donors (Lipinski definition) is 1.